The number of pyridine rings is 2. The van der Waals surface area contributed by atoms with Gasteiger partial charge < -0.3 is 9.80 Å². The second-order valence-corrected chi connectivity index (χ2v) is 7.13. The molecule has 0 aliphatic carbocycles. The summed E-state index contributed by atoms with van der Waals surface area (Å²) in [4.78, 5) is 37.6. The SMILES string of the molecule is O=C(c1ccncc1)N1C[C@@H]2CC[C@H](C1)N(C(=O)Cc1cccnc1)C2. The van der Waals surface area contributed by atoms with E-state index in [0.717, 1.165) is 24.9 Å². The average molecular weight is 350 g/mol. The number of rotatable bonds is 3. The Morgan fingerprint density at radius 3 is 2.62 bits per heavy atom. The highest BCUT2D eigenvalue weighted by Crippen LogP contribution is 2.29. The lowest BCUT2D eigenvalue weighted by molar-refractivity contribution is -0.134. The first kappa shape index (κ1) is 16.7. The highest BCUT2D eigenvalue weighted by Gasteiger charge is 2.38. The summed E-state index contributed by atoms with van der Waals surface area (Å²) >= 11 is 0. The summed E-state index contributed by atoms with van der Waals surface area (Å²) in [6, 6.07) is 7.39. The van der Waals surface area contributed by atoms with Gasteiger partial charge in [-0.25, -0.2) is 0 Å². The number of carbonyl (C=O) groups is 2. The van der Waals surface area contributed by atoms with Gasteiger partial charge in [-0.15, -0.1) is 0 Å². The molecule has 3 saturated heterocycles. The van der Waals surface area contributed by atoms with Crippen LogP contribution in [-0.4, -0.2) is 57.3 Å². The molecule has 3 fully saturated rings. The van der Waals surface area contributed by atoms with E-state index in [9.17, 15) is 9.59 Å². The molecule has 5 heterocycles. The van der Waals surface area contributed by atoms with Gasteiger partial charge in [0.25, 0.3) is 5.91 Å². The molecule has 6 heteroatoms. The maximum absolute atomic E-state index is 12.8. The fourth-order valence-corrected chi connectivity index (χ4v) is 4.01. The van der Waals surface area contributed by atoms with Gasteiger partial charge in [0.2, 0.25) is 5.91 Å². The van der Waals surface area contributed by atoms with Crippen molar-refractivity contribution in [3.63, 3.8) is 0 Å². The van der Waals surface area contributed by atoms with Gasteiger partial charge in [-0.2, -0.15) is 0 Å². The molecule has 2 amide bonds. The Labute approximate surface area is 152 Å². The van der Waals surface area contributed by atoms with Crippen molar-refractivity contribution in [2.45, 2.75) is 25.3 Å². The van der Waals surface area contributed by atoms with E-state index in [4.69, 9.17) is 0 Å². The lowest BCUT2D eigenvalue weighted by Gasteiger charge is -2.36. The monoisotopic (exact) mass is 350 g/mol. The van der Waals surface area contributed by atoms with Crippen LogP contribution in [-0.2, 0) is 11.2 Å². The van der Waals surface area contributed by atoms with E-state index in [0.29, 0.717) is 31.0 Å². The second kappa shape index (κ2) is 7.23. The highest BCUT2D eigenvalue weighted by molar-refractivity contribution is 5.94. The van der Waals surface area contributed by atoms with Gasteiger partial charge in [-0.3, -0.25) is 19.6 Å². The van der Waals surface area contributed by atoms with E-state index >= 15 is 0 Å². The Hall–Kier alpha value is -2.76. The van der Waals surface area contributed by atoms with Crippen LogP contribution < -0.4 is 0 Å². The smallest absolute Gasteiger partial charge is 0.254 e. The van der Waals surface area contributed by atoms with Crippen LogP contribution in [0, 0.1) is 5.92 Å². The normalized spacial score (nSPS) is 22.2. The molecule has 3 aliphatic heterocycles. The molecule has 0 N–H and O–H groups in total. The number of hydrogen-bond donors (Lipinski definition) is 0. The molecule has 2 bridgehead atoms. The number of hydrogen-bond acceptors (Lipinski definition) is 4. The van der Waals surface area contributed by atoms with Gasteiger partial charge in [-0.1, -0.05) is 6.07 Å². The molecule has 0 aromatic carbocycles. The van der Waals surface area contributed by atoms with Crippen LogP contribution in [0.3, 0.4) is 0 Å². The first-order valence-electron chi connectivity index (χ1n) is 9.08. The molecule has 3 aliphatic rings. The maximum atomic E-state index is 12.8. The predicted molar refractivity (Wildman–Crippen MR) is 96.3 cm³/mol. The number of amides is 2. The molecule has 2 atom stereocenters. The fraction of sp³-hybridized carbons (Fsp3) is 0.400. The fourth-order valence-electron chi connectivity index (χ4n) is 4.01. The molecule has 2 aromatic rings. The first-order chi connectivity index (χ1) is 12.7. The van der Waals surface area contributed by atoms with Crippen LogP contribution in [0.4, 0.5) is 0 Å². The van der Waals surface area contributed by atoms with E-state index in [2.05, 4.69) is 9.97 Å². The molecule has 134 valence electrons. The second-order valence-electron chi connectivity index (χ2n) is 7.13. The molecule has 0 radical (unpaired) electrons. The van der Waals surface area contributed by atoms with Crippen LogP contribution in [0.15, 0.2) is 49.1 Å². The summed E-state index contributed by atoms with van der Waals surface area (Å²) in [5.41, 5.74) is 1.59. The van der Waals surface area contributed by atoms with E-state index in [1.54, 1.807) is 36.9 Å². The third-order valence-electron chi connectivity index (χ3n) is 5.33. The largest absolute Gasteiger partial charge is 0.337 e. The molecule has 5 rings (SSSR count). The van der Waals surface area contributed by atoms with Crippen molar-refractivity contribution >= 4 is 11.8 Å². The van der Waals surface area contributed by atoms with Gasteiger partial charge in [0.15, 0.2) is 0 Å². The van der Waals surface area contributed by atoms with Crippen LogP contribution in [0.2, 0.25) is 0 Å². The van der Waals surface area contributed by atoms with Crippen LogP contribution in [0.1, 0.15) is 28.8 Å². The molecular weight excluding hydrogens is 328 g/mol. The van der Waals surface area contributed by atoms with Crippen molar-refractivity contribution < 1.29 is 9.59 Å². The average Bonchev–Trinajstić information content (AvgIpc) is 3.01. The Bertz CT molecular complexity index is 781. The third-order valence-corrected chi connectivity index (χ3v) is 5.33. The summed E-state index contributed by atoms with van der Waals surface area (Å²) in [6.07, 6.45) is 9.14. The zero-order chi connectivity index (χ0) is 17.9. The summed E-state index contributed by atoms with van der Waals surface area (Å²) in [5.74, 6) is 0.508. The van der Waals surface area contributed by atoms with Crippen molar-refractivity contribution in [1.82, 2.24) is 19.8 Å². The topological polar surface area (TPSA) is 66.4 Å². The molecule has 0 saturated carbocycles. The van der Waals surface area contributed by atoms with E-state index in [1.165, 1.54) is 0 Å². The first-order valence-corrected chi connectivity index (χ1v) is 9.08. The van der Waals surface area contributed by atoms with Crippen molar-refractivity contribution in [2.75, 3.05) is 19.6 Å². The minimum atomic E-state index is 0.0332. The Balaban J connectivity index is 1.48. The van der Waals surface area contributed by atoms with Crippen molar-refractivity contribution in [1.29, 1.82) is 0 Å². The standard InChI is InChI=1S/C20H22N4O2/c25-19(10-15-2-1-7-22-11-15)24-13-16-3-4-18(24)14-23(12-16)20(26)17-5-8-21-9-6-17/h1-2,5-9,11,16,18H,3-4,10,12-14H2/t16-,18+/m0/s1. The molecule has 6 nitrogen and oxygen atoms in total. The Morgan fingerprint density at radius 2 is 1.85 bits per heavy atom. The van der Waals surface area contributed by atoms with E-state index in [-0.39, 0.29) is 17.9 Å². The van der Waals surface area contributed by atoms with Gasteiger partial charge in [0, 0.05) is 56.0 Å². The van der Waals surface area contributed by atoms with E-state index in [1.807, 2.05) is 21.9 Å². The molecule has 26 heavy (non-hydrogen) atoms. The summed E-state index contributed by atoms with van der Waals surface area (Å²) in [6.45, 7) is 2.06. The van der Waals surface area contributed by atoms with Gasteiger partial charge >= 0.3 is 0 Å². The highest BCUT2D eigenvalue weighted by atomic mass is 16.2. The van der Waals surface area contributed by atoms with Crippen LogP contribution in [0.25, 0.3) is 0 Å². The molecular formula is C20H22N4O2. The van der Waals surface area contributed by atoms with Crippen LogP contribution >= 0.6 is 0 Å². The number of nitrogens with zero attached hydrogens (tertiary/aromatic N) is 4. The minimum Gasteiger partial charge on any atom is -0.337 e. The van der Waals surface area contributed by atoms with Gasteiger partial charge in [0.1, 0.15) is 0 Å². The Kier molecular flexibility index (Phi) is 4.65. The van der Waals surface area contributed by atoms with Crippen molar-refractivity contribution in [2.24, 2.45) is 5.92 Å². The number of fused-ring (bicyclic) bond motifs is 4. The molecule has 0 spiro atoms. The lowest BCUT2D eigenvalue weighted by Crippen LogP contribution is -2.48. The number of carbonyl (C=O) groups excluding carboxylic acids is 2. The quantitative estimate of drug-likeness (QED) is 0.846. The predicted octanol–water partition coefficient (Wildman–Crippen LogP) is 1.78. The van der Waals surface area contributed by atoms with Crippen molar-refractivity contribution in [3.8, 4) is 0 Å². The zero-order valence-corrected chi connectivity index (χ0v) is 14.6. The van der Waals surface area contributed by atoms with Crippen LogP contribution in [0.5, 0.6) is 0 Å². The number of aromatic nitrogens is 2. The van der Waals surface area contributed by atoms with Crippen molar-refractivity contribution in [3.05, 3.63) is 60.2 Å². The lowest BCUT2D eigenvalue weighted by atomic mass is 9.94. The van der Waals surface area contributed by atoms with Gasteiger partial charge in [0.05, 0.1) is 6.42 Å². The van der Waals surface area contributed by atoms with Gasteiger partial charge in [-0.05, 0) is 42.5 Å². The third kappa shape index (κ3) is 3.45. The number of piperidine rings is 1. The Morgan fingerprint density at radius 1 is 1.00 bits per heavy atom. The van der Waals surface area contributed by atoms with E-state index < -0.39 is 0 Å². The summed E-state index contributed by atoms with van der Waals surface area (Å²) in [5, 5.41) is 0. The summed E-state index contributed by atoms with van der Waals surface area (Å²) in [7, 11) is 0. The maximum Gasteiger partial charge on any atom is 0.254 e. The summed E-state index contributed by atoms with van der Waals surface area (Å²) < 4.78 is 0. The zero-order valence-electron chi connectivity index (χ0n) is 14.6. The molecule has 0 unspecified atom stereocenters. The molecule has 2 aromatic heterocycles. The minimum absolute atomic E-state index is 0.0332.